The van der Waals surface area contributed by atoms with E-state index in [1.807, 2.05) is 36.0 Å². The fourth-order valence-corrected chi connectivity index (χ4v) is 9.97. The first kappa shape index (κ1) is 31.0. The van der Waals surface area contributed by atoms with Gasteiger partial charge >= 0.3 is 0 Å². The highest BCUT2D eigenvalue weighted by Gasteiger charge is 2.50. The first-order chi connectivity index (χ1) is 26.8. The Morgan fingerprint density at radius 1 is 0.315 bits per heavy atom. The standard InChI is InChI=1S/C50H31N3S/c1-3-14-32(15-4-1)33-26-28-35(29-27-33)48-51-47(34-16-5-2-6-17-34)52-49(53-48)40-21-13-20-39-36(40)30-31-44-46(39)54-45-25-12-11-24-43(45)50(44)41-22-9-7-18-37(41)38-19-8-10-23-42(38)50/h1-31H. The van der Waals surface area contributed by atoms with E-state index in [-0.39, 0.29) is 0 Å². The fraction of sp³-hybridized carbons (Fsp3) is 0.0200. The molecule has 0 amide bonds. The summed E-state index contributed by atoms with van der Waals surface area (Å²) in [4.78, 5) is 18.0. The molecule has 2 heterocycles. The van der Waals surface area contributed by atoms with Gasteiger partial charge in [0.15, 0.2) is 17.5 Å². The lowest BCUT2D eigenvalue weighted by molar-refractivity contribution is 0.726. The molecule has 0 unspecified atom stereocenters. The van der Waals surface area contributed by atoms with Crippen molar-refractivity contribution in [2.45, 2.75) is 15.2 Å². The lowest BCUT2D eigenvalue weighted by atomic mass is 9.67. The molecular weight excluding hydrogens is 675 g/mol. The van der Waals surface area contributed by atoms with Crippen molar-refractivity contribution < 1.29 is 0 Å². The summed E-state index contributed by atoms with van der Waals surface area (Å²) in [6, 6.07) is 67.3. The first-order valence-electron chi connectivity index (χ1n) is 18.3. The van der Waals surface area contributed by atoms with Gasteiger partial charge in [-0.25, -0.2) is 15.0 Å². The molecule has 1 spiro atoms. The van der Waals surface area contributed by atoms with Crippen LogP contribution >= 0.6 is 11.8 Å². The van der Waals surface area contributed by atoms with Crippen LogP contribution in [0.4, 0.5) is 0 Å². The lowest BCUT2D eigenvalue weighted by Crippen LogP contribution is -2.32. The van der Waals surface area contributed by atoms with E-state index in [2.05, 4.69) is 164 Å². The van der Waals surface area contributed by atoms with Gasteiger partial charge in [0.2, 0.25) is 0 Å². The molecule has 0 radical (unpaired) electrons. The molecule has 8 aromatic carbocycles. The normalized spacial score (nSPS) is 13.3. The minimum Gasteiger partial charge on any atom is -0.208 e. The number of nitrogens with zero attached hydrogens (tertiary/aromatic N) is 3. The van der Waals surface area contributed by atoms with Crippen LogP contribution in [0.1, 0.15) is 22.3 Å². The Balaban J connectivity index is 1.13. The second kappa shape index (κ2) is 12.2. The molecule has 11 rings (SSSR count). The Morgan fingerprint density at radius 3 is 1.50 bits per heavy atom. The molecular formula is C50H31N3S. The molecule has 0 fully saturated rings. The summed E-state index contributed by atoms with van der Waals surface area (Å²) in [5.41, 5.74) is 12.7. The second-order valence-corrected chi connectivity index (χ2v) is 15.0. The number of hydrogen-bond acceptors (Lipinski definition) is 4. The zero-order valence-corrected chi connectivity index (χ0v) is 30.0. The van der Waals surface area contributed by atoms with Crippen LogP contribution in [0.15, 0.2) is 198 Å². The van der Waals surface area contributed by atoms with Crippen molar-refractivity contribution in [3.63, 3.8) is 0 Å². The van der Waals surface area contributed by atoms with E-state index < -0.39 is 5.41 Å². The zero-order valence-electron chi connectivity index (χ0n) is 29.1. The Morgan fingerprint density at radius 2 is 0.815 bits per heavy atom. The van der Waals surface area contributed by atoms with Gasteiger partial charge in [0.25, 0.3) is 0 Å². The summed E-state index contributed by atoms with van der Waals surface area (Å²) in [5.74, 6) is 1.96. The molecule has 4 heteroatoms. The third-order valence-electron chi connectivity index (χ3n) is 11.0. The molecule has 0 N–H and O–H groups in total. The van der Waals surface area contributed by atoms with Gasteiger partial charge in [-0.1, -0.05) is 194 Å². The average Bonchev–Trinajstić information content (AvgIpc) is 3.54. The predicted molar refractivity (Wildman–Crippen MR) is 221 cm³/mol. The highest BCUT2D eigenvalue weighted by atomic mass is 32.2. The predicted octanol–water partition coefficient (Wildman–Crippen LogP) is 12.5. The van der Waals surface area contributed by atoms with Crippen molar-refractivity contribution in [3.8, 4) is 56.4 Å². The average molecular weight is 706 g/mol. The SMILES string of the molecule is c1ccc(-c2ccc(-c3nc(-c4ccccc4)nc(-c4cccc5c6c(ccc45)C4(c5ccccc5S6)c5ccccc5-c5ccccc54)n3)cc2)cc1. The second-order valence-electron chi connectivity index (χ2n) is 13.9. The zero-order chi connectivity index (χ0) is 35.6. The van der Waals surface area contributed by atoms with Gasteiger partial charge in [-0.15, -0.1) is 0 Å². The highest BCUT2D eigenvalue weighted by Crippen LogP contribution is 2.63. The molecule has 0 saturated carbocycles. The van der Waals surface area contributed by atoms with Crippen molar-refractivity contribution in [2.75, 3.05) is 0 Å². The quantitative estimate of drug-likeness (QED) is 0.183. The summed E-state index contributed by atoms with van der Waals surface area (Å²) in [6.45, 7) is 0. The topological polar surface area (TPSA) is 38.7 Å². The molecule has 3 nitrogen and oxygen atoms in total. The van der Waals surface area contributed by atoms with Crippen LogP contribution in [0, 0.1) is 0 Å². The van der Waals surface area contributed by atoms with E-state index in [1.54, 1.807) is 0 Å². The van der Waals surface area contributed by atoms with Gasteiger partial charge in [-0.2, -0.15) is 0 Å². The maximum Gasteiger partial charge on any atom is 0.164 e. The number of fused-ring (bicyclic) bond motifs is 11. The lowest BCUT2D eigenvalue weighted by Gasteiger charge is -2.40. The number of benzene rings is 8. The monoisotopic (exact) mass is 705 g/mol. The molecule has 0 saturated heterocycles. The minimum atomic E-state index is -0.429. The van der Waals surface area contributed by atoms with Crippen molar-refractivity contribution in [3.05, 3.63) is 210 Å². The van der Waals surface area contributed by atoms with E-state index in [0.717, 1.165) is 27.6 Å². The van der Waals surface area contributed by atoms with E-state index in [0.29, 0.717) is 17.5 Å². The number of rotatable bonds is 4. The molecule has 9 aromatic rings. The van der Waals surface area contributed by atoms with Gasteiger partial charge in [0.1, 0.15) is 0 Å². The summed E-state index contributed by atoms with van der Waals surface area (Å²) >= 11 is 1.87. The number of aromatic nitrogens is 3. The van der Waals surface area contributed by atoms with Gasteiger partial charge in [0.05, 0.1) is 5.41 Å². The fourth-order valence-electron chi connectivity index (χ4n) is 8.65. The van der Waals surface area contributed by atoms with Crippen LogP contribution in [0.5, 0.6) is 0 Å². The van der Waals surface area contributed by atoms with Gasteiger partial charge in [-0.3, -0.25) is 0 Å². The maximum absolute atomic E-state index is 5.20. The van der Waals surface area contributed by atoms with Crippen molar-refractivity contribution in [1.82, 2.24) is 15.0 Å². The molecule has 2 aliphatic rings. The first-order valence-corrected chi connectivity index (χ1v) is 19.1. The summed E-state index contributed by atoms with van der Waals surface area (Å²) < 4.78 is 0. The Kier molecular flexibility index (Phi) is 7.01. The summed E-state index contributed by atoms with van der Waals surface area (Å²) in [7, 11) is 0. The molecule has 0 bridgehead atoms. The summed E-state index contributed by atoms with van der Waals surface area (Å²) in [6.07, 6.45) is 0. The third kappa shape index (κ3) is 4.60. The molecule has 1 aromatic heterocycles. The smallest absolute Gasteiger partial charge is 0.164 e. The van der Waals surface area contributed by atoms with Crippen LogP contribution < -0.4 is 0 Å². The maximum atomic E-state index is 5.20. The van der Waals surface area contributed by atoms with E-state index in [1.165, 1.54) is 54.1 Å². The van der Waals surface area contributed by atoms with Gasteiger partial charge in [-0.05, 0) is 61.3 Å². The van der Waals surface area contributed by atoms with Crippen LogP contribution in [0.2, 0.25) is 0 Å². The van der Waals surface area contributed by atoms with Gasteiger partial charge < -0.3 is 0 Å². The van der Waals surface area contributed by atoms with Crippen molar-refractivity contribution in [2.24, 2.45) is 0 Å². The van der Waals surface area contributed by atoms with Crippen LogP contribution in [0.25, 0.3) is 67.2 Å². The Bertz CT molecular complexity index is 2860. The summed E-state index contributed by atoms with van der Waals surface area (Å²) in [5, 5.41) is 2.31. The van der Waals surface area contributed by atoms with Crippen LogP contribution in [0.3, 0.4) is 0 Å². The van der Waals surface area contributed by atoms with Crippen molar-refractivity contribution in [1.29, 1.82) is 0 Å². The minimum absolute atomic E-state index is 0.429. The number of hydrogen-bond donors (Lipinski definition) is 0. The Labute approximate surface area is 318 Å². The molecule has 1 aliphatic heterocycles. The van der Waals surface area contributed by atoms with E-state index in [9.17, 15) is 0 Å². The van der Waals surface area contributed by atoms with Crippen LogP contribution in [-0.2, 0) is 5.41 Å². The van der Waals surface area contributed by atoms with Crippen molar-refractivity contribution >= 4 is 22.5 Å². The third-order valence-corrected chi connectivity index (χ3v) is 12.2. The van der Waals surface area contributed by atoms with Crippen LogP contribution in [-0.4, -0.2) is 15.0 Å². The molecule has 252 valence electrons. The van der Waals surface area contributed by atoms with E-state index in [4.69, 9.17) is 15.0 Å². The molecule has 54 heavy (non-hydrogen) atoms. The molecule has 1 aliphatic carbocycles. The van der Waals surface area contributed by atoms with E-state index >= 15 is 0 Å². The van der Waals surface area contributed by atoms with Gasteiger partial charge in [0, 0.05) is 26.5 Å². The highest BCUT2D eigenvalue weighted by molar-refractivity contribution is 7.99. The largest absolute Gasteiger partial charge is 0.208 e. The molecule has 0 atom stereocenters. The Hall–Kier alpha value is -6.62.